The van der Waals surface area contributed by atoms with E-state index in [-0.39, 0.29) is 5.41 Å². The zero-order chi connectivity index (χ0) is 26.1. The fraction of sp³-hybridized carbons (Fsp3) is 0.265. The lowest BCUT2D eigenvalue weighted by atomic mass is 9.82. The van der Waals surface area contributed by atoms with Crippen molar-refractivity contribution in [1.82, 2.24) is 4.98 Å². The first-order valence-electron chi connectivity index (χ1n) is 13.2. The second-order valence-electron chi connectivity index (χ2n) is 11.5. The van der Waals surface area contributed by atoms with Crippen LogP contribution < -0.4 is 0 Å². The molecule has 0 radical (unpaired) electrons. The number of benzene rings is 3. The molecule has 4 aromatic rings. The molecule has 1 aliphatic carbocycles. The molecule has 186 valence electrons. The van der Waals surface area contributed by atoms with E-state index in [0.29, 0.717) is 0 Å². The van der Waals surface area contributed by atoms with E-state index >= 15 is 0 Å². The van der Waals surface area contributed by atoms with Gasteiger partial charge in [0, 0.05) is 44.5 Å². The summed E-state index contributed by atoms with van der Waals surface area (Å²) in [4.78, 5) is 9.10. The summed E-state index contributed by atoms with van der Waals surface area (Å²) in [6.45, 7) is 13.5. The summed E-state index contributed by atoms with van der Waals surface area (Å²) < 4.78 is 1.07. The molecule has 0 saturated carbocycles. The summed E-state index contributed by atoms with van der Waals surface area (Å²) in [6, 6.07) is 20.0. The van der Waals surface area contributed by atoms with E-state index in [1.807, 2.05) is 0 Å². The number of H-pyrrole nitrogens is 1. The van der Waals surface area contributed by atoms with Crippen molar-refractivity contribution < 1.29 is 0 Å². The molecule has 1 aliphatic heterocycles. The molecule has 1 N–H and O–H groups in total. The minimum Gasteiger partial charge on any atom is -0.354 e. The van der Waals surface area contributed by atoms with Gasteiger partial charge in [0.05, 0.1) is 11.4 Å². The van der Waals surface area contributed by atoms with Crippen LogP contribution in [-0.4, -0.2) is 10.7 Å². The van der Waals surface area contributed by atoms with E-state index in [4.69, 9.17) is 4.99 Å². The van der Waals surface area contributed by atoms with Crippen molar-refractivity contribution in [3.05, 3.63) is 115 Å². The number of rotatable bonds is 3. The molecule has 1 aromatic heterocycles. The Morgan fingerprint density at radius 3 is 2.38 bits per heavy atom. The Labute approximate surface area is 228 Å². The first-order valence-corrected chi connectivity index (χ1v) is 14.0. The standard InChI is InChI=1S/C34H33BrN2/c1-7-24-28-16-21-10-8-9-11-25(21)32(28)36-29(24)18-30-27-17-23(35)12-13-26(27)33(37-30)31-19(2)14-22(15-20(31)3)34(4,5)6/h8-15,17-18,36H,7,16H2,1-6H3. The SMILES string of the molecule is CCc1c(C=C2N=C(c3c(C)cc(C(C)(C)C)cc3C)c3ccc(Br)cc32)[nH]c2c1Cc1ccccc1-2. The number of aromatic amines is 1. The summed E-state index contributed by atoms with van der Waals surface area (Å²) >= 11 is 3.71. The van der Waals surface area contributed by atoms with E-state index in [1.54, 1.807) is 0 Å². The Bertz CT molecular complexity index is 1620. The van der Waals surface area contributed by atoms with Crippen LogP contribution in [0, 0.1) is 13.8 Å². The van der Waals surface area contributed by atoms with E-state index in [2.05, 4.69) is 123 Å². The second-order valence-corrected chi connectivity index (χ2v) is 12.4. The predicted octanol–water partition coefficient (Wildman–Crippen LogP) is 9.17. The molecule has 0 bridgehead atoms. The van der Waals surface area contributed by atoms with Gasteiger partial charge in [0.2, 0.25) is 0 Å². The van der Waals surface area contributed by atoms with Crippen LogP contribution >= 0.6 is 15.9 Å². The zero-order valence-corrected chi connectivity index (χ0v) is 24.1. The fourth-order valence-corrected chi connectivity index (χ4v) is 6.40. The highest BCUT2D eigenvalue weighted by molar-refractivity contribution is 9.10. The summed E-state index contributed by atoms with van der Waals surface area (Å²) in [5, 5.41) is 0. The molecule has 2 nitrogen and oxygen atoms in total. The van der Waals surface area contributed by atoms with Gasteiger partial charge in [-0.3, -0.25) is 0 Å². The van der Waals surface area contributed by atoms with E-state index < -0.39 is 0 Å². The quantitative estimate of drug-likeness (QED) is 0.232. The summed E-state index contributed by atoms with van der Waals surface area (Å²) in [5.74, 6) is 0. The van der Waals surface area contributed by atoms with Crippen LogP contribution in [0.4, 0.5) is 0 Å². The van der Waals surface area contributed by atoms with Gasteiger partial charge in [0.25, 0.3) is 0 Å². The number of nitrogens with one attached hydrogen (secondary N) is 1. The third kappa shape index (κ3) is 3.95. The fourth-order valence-electron chi connectivity index (χ4n) is 6.04. The average molecular weight is 550 g/mol. The monoisotopic (exact) mass is 548 g/mol. The van der Waals surface area contributed by atoms with Gasteiger partial charge in [0.1, 0.15) is 0 Å². The summed E-state index contributed by atoms with van der Waals surface area (Å²) in [5.41, 5.74) is 17.8. The number of halogens is 1. The van der Waals surface area contributed by atoms with Crippen LogP contribution in [0.5, 0.6) is 0 Å². The molecular weight excluding hydrogens is 516 g/mol. The summed E-state index contributed by atoms with van der Waals surface area (Å²) in [7, 11) is 0. The minimum atomic E-state index is 0.114. The highest BCUT2D eigenvalue weighted by atomic mass is 79.9. The van der Waals surface area contributed by atoms with E-state index in [0.717, 1.165) is 28.7 Å². The Hall–Kier alpha value is -3.17. The molecule has 37 heavy (non-hydrogen) atoms. The molecule has 6 rings (SSSR count). The minimum absolute atomic E-state index is 0.114. The van der Waals surface area contributed by atoms with Gasteiger partial charge >= 0.3 is 0 Å². The largest absolute Gasteiger partial charge is 0.354 e. The van der Waals surface area contributed by atoms with Crippen molar-refractivity contribution in [1.29, 1.82) is 0 Å². The van der Waals surface area contributed by atoms with Gasteiger partial charge in [-0.15, -0.1) is 0 Å². The topological polar surface area (TPSA) is 28.1 Å². The lowest BCUT2D eigenvalue weighted by Crippen LogP contribution is -2.14. The third-order valence-electron chi connectivity index (χ3n) is 7.92. The maximum Gasteiger partial charge on any atom is 0.0793 e. The molecule has 3 aromatic carbocycles. The Morgan fingerprint density at radius 1 is 0.946 bits per heavy atom. The maximum absolute atomic E-state index is 5.32. The lowest BCUT2D eigenvalue weighted by Gasteiger charge is -2.22. The van der Waals surface area contributed by atoms with Crippen molar-refractivity contribution in [2.45, 2.75) is 59.8 Å². The highest BCUT2D eigenvalue weighted by Crippen LogP contribution is 2.42. The van der Waals surface area contributed by atoms with Gasteiger partial charge < -0.3 is 4.98 Å². The normalized spacial score (nSPS) is 15.1. The first-order chi connectivity index (χ1) is 17.7. The molecule has 3 heteroatoms. The van der Waals surface area contributed by atoms with Gasteiger partial charge in [-0.1, -0.05) is 86.1 Å². The van der Waals surface area contributed by atoms with Crippen LogP contribution in [0.15, 0.2) is 64.1 Å². The van der Waals surface area contributed by atoms with Crippen molar-refractivity contribution >= 4 is 33.4 Å². The number of hydrogen-bond acceptors (Lipinski definition) is 1. The van der Waals surface area contributed by atoms with E-state index in [9.17, 15) is 0 Å². The first kappa shape index (κ1) is 24.2. The van der Waals surface area contributed by atoms with Gasteiger partial charge in [-0.2, -0.15) is 0 Å². The Morgan fingerprint density at radius 2 is 1.68 bits per heavy atom. The van der Waals surface area contributed by atoms with Gasteiger partial charge in [0.15, 0.2) is 0 Å². The highest BCUT2D eigenvalue weighted by Gasteiger charge is 2.28. The molecule has 0 atom stereocenters. The summed E-state index contributed by atoms with van der Waals surface area (Å²) in [6.07, 6.45) is 4.27. The van der Waals surface area contributed by atoms with Crippen molar-refractivity contribution in [2.75, 3.05) is 0 Å². The molecule has 0 fully saturated rings. The molecule has 0 spiro atoms. The maximum atomic E-state index is 5.32. The number of nitrogens with zero attached hydrogens (tertiary/aromatic N) is 1. The number of aryl methyl sites for hydroxylation is 2. The molecule has 2 heterocycles. The smallest absolute Gasteiger partial charge is 0.0793 e. The van der Waals surface area contributed by atoms with E-state index in [1.165, 1.54) is 67.0 Å². The molecule has 0 amide bonds. The number of aliphatic imine (C=N–C) groups is 1. The Balaban J connectivity index is 1.52. The van der Waals surface area contributed by atoms with Gasteiger partial charge in [-0.05, 0) is 77.3 Å². The lowest BCUT2D eigenvalue weighted by molar-refractivity contribution is 0.589. The van der Waals surface area contributed by atoms with Crippen molar-refractivity contribution in [3.63, 3.8) is 0 Å². The van der Waals surface area contributed by atoms with Crippen molar-refractivity contribution in [3.8, 4) is 11.3 Å². The Kier molecular flexibility index (Phi) is 5.69. The molecular formula is C34H33BrN2. The van der Waals surface area contributed by atoms with Crippen molar-refractivity contribution in [2.24, 2.45) is 4.99 Å². The van der Waals surface area contributed by atoms with Crippen LogP contribution in [0.3, 0.4) is 0 Å². The molecule has 0 unspecified atom stereocenters. The number of aromatic nitrogens is 1. The third-order valence-corrected chi connectivity index (χ3v) is 8.41. The van der Waals surface area contributed by atoms with Crippen LogP contribution in [0.2, 0.25) is 0 Å². The molecule has 0 saturated heterocycles. The average Bonchev–Trinajstić information content (AvgIpc) is 3.48. The predicted molar refractivity (Wildman–Crippen MR) is 161 cm³/mol. The molecule has 2 aliphatic rings. The van der Waals surface area contributed by atoms with Crippen LogP contribution in [0.1, 0.15) is 83.5 Å². The van der Waals surface area contributed by atoms with Crippen LogP contribution in [0.25, 0.3) is 23.0 Å². The number of fused-ring (bicyclic) bond motifs is 4. The zero-order valence-electron chi connectivity index (χ0n) is 22.5. The number of hydrogen-bond donors (Lipinski definition) is 1. The van der Waals surface area contributed by atoms with Crippen LogP contribution in [-0.2, 0) is 18.3 Å². The second kappa shape index (κ2) is 8.70. The van der Waals surface area contributed by atoms with Gasteiger partial charge in [-0.25, -0.2) is 4.99 Å².